The molecular formula is C16H15Cl2N3. The van der Waals surface area contributed by atoms with Crippen molar-refractivity contribution in [3.8, 4) is 6.07 Å². The Morgan fingerprint density at radius 1 is 1.29 bits per heavy atom. The number of nitrogens with zero attached hydrogens (tertiary/aromatic N) is 2. The van der Waals surface area contributed by atoms with Crippen LogP contribution in [0.3, 0.4) is 0 Å². The Balaban J connectivity index is 2.41. The first kappa shape index (κ1) is 15.6. The van der Waals surface area contributed by atoms with E-state index in [1.54, 1.807) is 24.5 Å². The standard InChI is InChI=1S/C16H15Cl2N3/c1-2-7-16(11-19,12-4-3-8-20-10-12)21-13-5-6-14(17)15(18)9-13/h3-6,8-10,21H,2,7H2,1H3. The molecule has 3 nitrogen and oxygen atoms in total. The van der Waals surface area contributed by atoms with Gasteiger partial charge in [0.25, 0.3) is 0 Å². The zero-order chi connectivity index (χ0) is 15.3. The average Bonchev–Trinajstić information content (AvgIpc) is 2.51. The maximum absolute atomic E-state index is 9.75. The highest BCUT2D eigenvalue weighted by Gasteiger charge is 2.31. The van der Waals surface area contributed by atoms with Crippen LogP contribution < -0.4 is 5.32 Å². The molecule has 0 aliphatic carbocycles. The Hall–Kier alpha value is -1.76. The highest BCUT2D eigenvalue weighted by atomic mass is 35.5. The number of pyridine rings is 1. The van der Waals surface area contributed by atoms with E-state index >= 15 is 0 Å². The summed E-state index contributed by atoms with van der Waals surface area (Å²) in [5, 5.41) is 14.0. The highest BCUT2D eigenvalue weighted by molar-refractivity contribution is 6.42. The molecule has 0 saturated heterocycles. The fourth-order valence-electron chi connectivity index (χ4n) is 2.24. The molecule has 108 valence electrons. The number of nitriles is 1. The van der Waals surface area contributed by atoms with Gasteiger partial charge in [0.05, 0.1) is 16.1 Å². The van der Waals surface area contributed by atoms with E-state index in [-0.39, 0.29) is 0 Å². The molecule has 0 bridgehead atoms. The Bertz CT molecular complexity index is 652. The van der Waals surface area contributed by atoms with E-state index in [2.05, 4.69) is 16.4 Å². The van der Waals surface area contributed by atoms with Crippen molar-refractivity contribution in [1.29, 1.82) is 5.26 Å². The third-order valence-corrected chi connectivity index (χ3v) is 3.99. The minimum absolute atomic E-state index is 0.455. The molecule has 1 unspecified atom stereocenters. The van der Waals surface area contributed by atoms with Gasteiger partial charge in [0.1, 0.15) is 0 Å². The Morgan fingerprint density at radius 3 is 2.67 bits per heavy atom. The summed E-state index contributed by atoms with van der Waals surface area (Å²) < 4.78 is 0. The number of nitrogens with one attached hydrogen (secondary N) is 1. The highest BCUT2D eigenvalue weighted by Crippen LogP contribution is 2.32. The number of anilines is 1. The SMILES string of the molecule is CCCC(C#N)(Nc1ccc(Cl)c(Cl)c1)c1cccnc1. The molecule has 1 heterocycles. The number of aromatic nitrogens is 1. The van der Waals surface area contributed by atoms with Crippen molar-refractivity contribution >= 4 is 28.9 Å². The Kier molecular flexibility index (Phi) is 5.06. The van der Waals surface area contributed by atoms with Crippen molar-refractivity contribution in [3.63, 3.8) is 0 Å². The molecule has 0 aliphatic rings. The fraction of sp³-hybridized carbons (Fsp3) is 0.250. The Morgan fingerprint density at radius 2 is 2.10 bits per heavy atom. The smallest absolute Gasteiger partial charge is 0.152 e. The summed E-state index contributed by atoms with van der Waals surface area (Å²) in [6.45, 7) is 2.04. The summed E-state index contributed by atoms with van der Waals surface area (Å²) in [6.07, 6.45) is 4.92. The van der Waals surface area contributed by atoms with Gasteiger partial charge in [-0.2, -0.15) is 5.26 Å². The van der Waals surface area contributed by atoms with Gasteiger partial charge >= 0.3 is 0 Å². The number of halogens is 2. The Labute approximate surface area is 134 Å². The lowest BCUT2D eigenvalue weighted by Crippen LogP contribution is -2.33. The normalized spacial score (nSPS) is 13.2. The third kappa shape index (κ3) is 3.47. The monoisotopic (exact) mass is 319 g/mol. The second kappa shape index (κ2) is 6.80. The van der Waals surface area contributed by atoms with Crippen molar-refractivity contribution in [2.45, 2.75) is 25.3 Å². The molecule has 1 atom stereocenters. The second-order valence-corrected chi connectivity index (χ2v) is 5.58. The van der Waals surface area contributed by atoms with Crippen LogP contribution in [0, 0.1) is 11.3 Å². The zero-order valence-electron chi connectivity index (χ0n) is 11.6. The molecule has 0 fully saturated rings. The predicted molar refractivity (Wildman–Crippen MR) is 86.5 cm³/mol. The summed E-state index contributed by atoms with van der Waals surface area (Å²) in [5.74, 6) is 0. The van der Waals surface area contributed by atoms with Crippen molar-refractivity contribution in [3.05, 3.63) is 58.3 Å². The van der Waals surface area contributed by atoms with E-state index in [4.69, 9.17) is 23.2 Å². The quantitative estimate of drug-likeness (QED) is 0.841. The first-order valence-corrected chi connectivity index (χ1v) is 7.42. The number of rotatable bonds is 5. The van der Waals surface area contributed by atoms with Gasteiger partial charge in [-0.1, -0.05) is 42.6 Å². The van der Waals surface area contributed by atoms with Crippen molar-refractivity contribution in [2.24, 2.45) is 0 Å². The van der Waals surface area contributed by atoms with Crippen LogP contribution >= 0.6 is 23.2 Å². The minimum atomic E-state index is -0.833. The summed E-state index contributed by atoms with van der Waals surface area (Å²) in [6, 6.07) is 11.4. The maximum Gasteiger partial charge on any atom is 0.152 e. The van der Waals surface area contributed by atoms with E-state index < -0.39 is 5.54 Å². The van der Waals surface area contributed by atoms with E-state index in [1.807, 2.05) is 25.1 Å². The average molecular weight is 320 g/mol. The van der Waals surface area contributed by atoms with E-state index in [1.165, 1.54) is 0 Å². The van der Waals surface area contributed by atoms with Crippen LogP contribution in [0.2, 0.25) is 10.0 Å². The van der Waals surface area contributed by atoms with Crippen LogP contribution in [0.4, 0.5) is 5.69 Å². The zero-order valence-corrected chi connectivity index (χ0v) is 13.1. The van der Waals surface area contributed by atoms with Crippen LogP contribution in [0.15, 0.2) is 42.7 Å². The molecule has 2 rings (SSSR count). The van der Waals surface area contributed by atoms with Crippen LogP contribution in [0.25, 0.3) is 0 Å². The van der Waals surface area contributed by atoms with E-state index in [0.29, 0.717) is 16.5 Å². The van der Waals surface area contributed by atoms with Gasteiger partial charge < -0.3 is 5.32 Å². The van der Waals surface area contributed by atoms with E-state index in [0.717, 1.165) is 17.7 Å². The van der Waals surface area contributed by atoms with Crippen molar-refractivity contribution < 1.29 is 0 Å². The van der Waals surface area contributed by atoms with Gasteiger partial charge in [-0.15, -0.1) is 0 Å². The molecular weight excluding hydrogens is 305 g/mol. The molecule has 1 aromatic carbocycles. The molecule has 1 N–H and O–H groups in total. The van der Waals surface area contributed by atoms with Crippen LogP contribution in [0.1, 0.15) is 25.3 Å². The third-order valence-electron chi connectivity index (χ3n) is 3.25. The topological polar surface area (TPSA) is 48.7 Å². The molecule has 2 aromatic rings. The number of hydrogen-bond acceptors (Lipinski definition) is 3. The predicted octanol–water partition coefficient (Wildman–Crippen LogP) is 5.02. The van der Waals surface area contributed by atoms with Gasteiger partial charge in [0.15, 0.2) is 5.54 Å². The van der Waals surface area contributed by atoms with E-state index in [9.17, 15) is 5.26 Å². The van der Waals surface area contributed by atoms with Gasteiger partial charge in [0.2, 0.25) is 0 Å². The molecule has 0 saturated carbocycles. The first-order chi connectivity index (χ1) is 10.1. The lowest BCUT2D eigenvalue weighted by molar-refractivity contribution is 0.557. The fourth-order valence-corrected chi connectivity index (χ4v) is 2.54. The minimum Gasteiger partial charge on any atom is -0.364 e. The summed E-state index contributed by atoms with van der Waals surface area (Å²) in [5.41, 5.74) is 0.754. The van der Waals surface area contributed by atoms with Gasteiger partial charge in [-0.3, -0.25) is 4.98 Å². The summed E-state index contributed by atoms with van der Waals surface area (Å²) in [7, 11) is 0. The molecule has 21 heavy (non-hydrogen) atoms. The van der Waals surface area contributed by atoms with Crippen LogP contribution in [-0.2, 0) is 5.54 Å². The molecule has 0 amide bonds. The van der Waals surface area contributed by atoms with Gasteiger partial charge in [-0.25, -0.2) is 0 Å². The molecule has 0 radical (unpaired) electrons. The van der Waals surface area contributed by atoms with Crippen LogP contribution in [0.5, 0.6) is 0 Å². The van der Waals surface area contributed by atoms with Crippen molar-refractivity contribution in [1.82, 2.24) is 4.98 Å². The summed E-state index contributed by atoms with van der Waals surface area (Å²) >= 11 is 12.0. The van der Waals surface area contributed by atoms with Gasteiger partial charge in [-0.05, 0) is 30.7 Å². The molecule has 1 aromatic heterocycles. The summed E-state index contributed by atoms with van der Waals surface area (Å²) in [4.78, 5) is 4.12. The van der Waals surface area contributed by atoms with Crippen LogP contribution in [-0.4, -0.2) is 4.98 Å². The first-order valence-electron chi connectivity index (χ1n) is 6.66. The maximum atomic E-state index is 9.75. The largest absolute Gasteiger partial charge is 0.364 e. The van der Waals surface area contributed by atoms with Crippen molar-refractivity contribution in [2.75, 3.05) is 5.32 Å². The molecule has 0 aliphatic heterocycles. The molecule has 0 spiro atoms. The lowest BCUT2D eigenvalue weighted by atomic mass is 9.87. The van der Waals surface area contributed by atoms with Gasteiger partial charge in [0, 0.05) is 23.6 Å². The molecule has 5 heteroatoms. The number of benzene rings is 1. The lowest BCUT2D eigenvalue weighted by Gasteiger charge is -2.29. The second-order valence-electron chi connectivity index (χ2n) is 4.76. The number of hydrogen-bond donors (Lipinski definition) is 1.